The number of carboxylic acids is 2. The maximum atomic E-state index is 11.1. The van der Waals surface area contributed by atoms with Crippen LogP contribution in [0.15, 0.2) is 0 Å². The minimum atomic E-state index is -5.35. The summed E-state index contributed by atoms with van der Waals surface area (Å²) in [5, 5.41) is 21.5. The van der Waals surface area contributed by atoms with Crippen molar-refractivity contribution < 1.29 is 121 Å². The fourth-order valence-electron chi connectivity index (χ4n) is 2.00. The van der Waals surface area contributed by atoms with Gasteiger partial charge in [-0.2, -0.15) is 0 Å². The Morgan fingerprint density at radius 3 is 1.70 bits per heavy atom. The quantitative estimate of drug-likeness (QED) is 0.198. The summed E-state index contributed by atoms with van der Waals surface area (Å²) in [5.41, 5.74) is 0. The first kappa shape index (κ1) is 32.5. The van der Waals surface area contributed by atoms with E-state index in [2.05, 4.69) is 0 Å². The van der Waals surface area contributed by atoms with Gasteiger partial charge in [0.05, 0.1) is 5.97 Å². The summed E-state index contributed by atoms with van der Waals surface area (Å²) in [6.07, 6.45) is 2.41. The molecule has 0 saturated heterocycles. The summed E-state index contributed by atoms with van der Waals surface area (Å²) >= 11 is 0. The predicted octanol–water partition coefficient (Wildman–Crippen LogP) is -10.1. The first-order valence-electron chi connectivity index (χ1n) is 6.54. The van der Waals surface area contributed by atoms with Gasteiger partial charge in [0, 0.05) is 12.4 Å². The van der Waals surface area contributed by atoms with Gasteiger partial charge in [-0.05, 0) is 6.42 Å². The van der Waals surface area contributed by atoms with Crippen LogP contribution in [-0.4, -0.2) is 29.7 Å². The number of hydrogen-bond donors (Lipinski definition) is 0. The predicted molar refractivity (Wildman–Crippen MR) is 65.1 cm³/mol. The Morgan fingerprint density at radius 1 is 0.913 bits per heavy atom. The Balaban J connectivity index is -0.000000602. The third-order valence-electron chi connectivity index (χ3n) is 3.21. The van der Waals surface area contributed by atoms with Crippen LogP contribution >= 0.6 is 0 Å². The monoisotopic (exact) mass is 376 g/mol. The molecular formula is C12H19Na3O7S. The van der Waals surface area contributed by atoms with Crippen LogP contribution in [0.4, 0.5) is 0 Å². The molecule has 23 heavy (non-hydrogen) atoms. The van der Waals surface area contributed by atoms with E-state index in [9.17, 15) is 32.8 Å². The van der Waals surface area contributed by atoms with Crippen molar-refractivity contribution in [3.63, 3.8) is 0 Å². The molecule has 11 heteroatoms. The topological polar surface area (TPSA) is 137 Å². The largest absolute Gasteiger partial charge is 1.00 e. The normalized spacial score (nSPS) is 12.8. The van der Waals surface area contributed by atoms with E-state index < -0.39 is 39.6 Å². The van der Waals surface area contributed by atoms with E-state index >= 15 is 0 Å². The second-order valence-corrected chi connectivity index (χ2v) is 6.49. The number of carboxylic acid groups (broad SMARTS) is 2. The fraction of sp³-hybridized carbons (Fsp3) is 0.833. The van der Waals surface area contributed by atoms with E-state index in [1.807, 2.05) is 6.92 Å². The molecule has 7 nitrogen and oxygen atoms in total. The molecule has 0 aliphatic rings. The zero-order chi connectivity index (χ0) is 15.8. The van der Waals surface area contributed by atoms with E-state index in [-0.39, 0.29) is 95.1 Å². The Hall–Kier alpha value is 1.85. The molecule has 0 bridgehead atoms. The standard InChI is InChI=1S/C12H22O7S.3Na/c1-2-3-4-5-6-7-8-12(11(15)16,9-10(13)14)20(17,18)19;;;/h2-9H2,1H3,(H,13,14)(H,15,16)(H,17,18,19);;;/q;3*+1/p-3. The summed E-state index contributed by atoms with van der Waals surface area (Å²) in [7, 11) is -5.35. The number of carbonyl (C=O) groups excluding carboxylic acids is 2. The molecule has 0 rings (SSSR count). The van der Waals surface area contributed by atoms with Crippen LogP contribution in [0.3, 0.4) is 0 Å². The van der Waals surface area contributed by atoms with E-state index in [1.165, 1.54) is 0 Å². The van der Waals surface area contributed by atoms with Gasteiger partial charge in [-0.1, -0.05) is 45.4 Å². The van der Waals surface area contributed by atoms with Crippen molar-refractivity contribution in [3.8, 4) is 0 Å². The van der Waals surface area contributed by atoms with E-state index in [0.29, 0.717) is 6.42 Å². The summed E-state index contributed by atoms with van der Waals surface area (Å²) in [6.45, 7) is 2.02. The number of unbranched alkanes of at least 4 members (excludes halogenated alkanes) is 5. The number of rotatable bonds is 11. The zero-order valence-electron chi connectivity index (χ0n) is 14.4. The Labute approximate surface area is 204 Å². The van der Waals surface area contributed by atoms with Crippen molar-refractivity contribution in [1.29, 1.82) is 0 Å². The van der Waals surface area contributed by atoms with Gasteiger partial charge >= 0.3 is 88.7 Å². The average molecular weight is 376 g/mol. The summed E-state index contributed by atoms with van der Waals surface area (Å²) < 4.78 is 30.5. The smallest absolute Gasteiger partial charge is 0.747 e. The third-order valence-corrected chi connectivity index (χ3v) is 4.69. The number of carbonyl (C=O) groups is 2. The molecule has 1 unspecified atom stereocenters. The minimum Gasteiger partial charge on any atom is -0.747 e. The molecule has 118 valence electrons. The maximum absolute atomic E-state index is 11.1. The zero-order valence-corrected chi connectivity index (χ0v) is 21.2. The van der Waals surface area contributed by atoms with E-state index in [1.54, 1.807) is 0 Å². The molecule has 0 aromatic rings. The Kier molecular flexibility index (Phi) is 22.7. The maximum Gasteiger partial charge on any atom is 1.00 e. The van der Waals surface area contributed by atoms with Crippen LogP contribution in [0.1, 0.15) is 58.3 Å². The molecule has 0 radical (unpaired) electrons. The van der Waals surface area contributed by atoms with Gasteiger partial charge in [0.1, 0.15) is 14.9 Å². The van der Waals surface area contributed by atoms with Gasteiger partial charge in [-0.15, -0.1) is 0 Å². The molecule has 0 fully saturated rings. The molecule has 0 aromatic carbocycles. The third kappa shape index (κ3) is 12.0. The molecule has 1 atom stereocenters. The summed E-state index contributed by atoms with van der Waals surface area (Å²) in [5.74, 6) is -4.08. The van der Waals surface area contributed by atoms with Crippen LogP contribution in [0.2, 0.25) is 0 Å². The van der Waals surface area contributed by atoms with Crippen LogP contribution in [0.25, 0.3) is 0 Å². The Morgan fingerprint density at radius 2 is 1.35 bits per heavy atom. The first-order chi connectivity index (χ1) is 9.17. The molecule has 0 spiro atoms. The summed E-state index contributed by atoms with van der Waals surface area (Å²) in [6, 6.07) is 0. The second-order valence-electron chi connectivity index (χ2n) is 4.80. The molecule has 0 aromatic heterocycles. The van der Waals surface area contributed by atoms with Crippen LogP contribution < -0.4 is 98.9 Å². The van der Waals surface area contributed by atoms with Crippen molar-refractivity contribution in [2.45, 2.75) is 63.0 Å². The minimum absolute atomic E-state index is 0. The molecule has 0 aliphatic heterocycles. The van der Waals surface area contributed by atoms with Gasteiger partial charge in [-0.3, -0.25) is 0 Å². The average Bonchev–Trinajstić information content (AvgIpc) is 2.29. The summed E-state index contributed by atoms with van der Waals surface area (Å²) in [4.78, 5) is 21.5. The van der Waals surface area contributed by atoms with Gasteiger partial charge in [-0.25, -0.2) is 8.42 Å². The molecule has 0 saturated carbocycles. The van der Waals surface area contributed by atoms with Gasteiger partial charge in [0.25, 0.3) is 0 Å². The van der Waals surface area contributed by atoms with Crippen molar-refractivity contribution in [2.75, 3.05) is 0 Å². The second kappa shape index (κ2) is 16.1. The molecular weight excluding hydrogens is 357 g/mol. The van der Waals surface area contributed by atoms with Crippen LogP contribution in [-0.2, 0) is 19.7 Å². The first-order valence-corrected chi connectivity index (χ1v) is 7.95. The van der Waals surface area contributed by atoms with Gasteiger partial charge in [0.2, 0.25) is 0 Å². The molecule has 0 N–H and O–H groups in total. The molecule has 0 aliphatic carbocycles. The van der Waals surface area contributed by atoms with Gasteiger partial charge < -0.3 is 24.4 Å². The molecule has 0 heterocycles. The van der Waals surface area contributed by atoms with Crippen molar-refractivity contribution in [2.24, 2.45) is 0 Å². The van der Waals surface area contributed by atoms with Crippen LogP contribution in [0.5, 0.6) is 0 Å². The van der Waals surface area contributed by atoms with Crippen molar-refractivity contribution >= 4 is 22.1 Å². The number of hydrogen-bond acceptors (Lipinski definition) is 7. The number of aliphatic carboxylic acids is 2. The van der Waals surface area contributed by atoms with Crippen molar-refractivity contribution in [1.82, 2.24) is 0 Å². The fourth-order valence-corrected chi connectivity index (χ4v) is 2.90. The van der Waals surface area contributed by atoms with E-state index in [0.717, 1.165) is 25.7 Å². The van der Waals surface area contributed by atoms with Crippen LogP contribution in [0, 0.1) is 0 Å². The van der Waals surface area contributed by atoms with Gasteiger partial charge in [0.15, 0.2) is 0 Å². The SMILES string of the molecule is CCCCCCCCC(CC(=O)[O-])(C(=O)[O-])S(=O)(=O)[O-].[Na+].[Na+].[Na+]. The van der Waals surface area contributed by atoms with Crippen molar-refractivity contribution in [3.05, 3.63) is 0 Å². The van der Waals surface area contributed by atoms with E-state index in [4.69, 9.17) is 0 Å². The Bertz CT molecular complexity index is 442. The molecule has 0 amide bonds.